The Labute approximate surface area is 185 Å². The minimum absolute atomic E-state index is 0. The molecular formula is C20H33IN4OS. The highest BCUT2D eigenvalue weighted by Crippen LogP contribution is 2.21. The van der Waals surface area contributed by atoms with E-state index in [-0.39, 0.29) is 24.0 Å². The number of nitrogens with zero attached hydrogens (tertiary/aromatic N) is 3. The lowest BCUT2D eigenvalue weighted by atomic mass is 10.2. The molecule has 1 unspecified atom stereocenters. The summed E-state index contributed by atoms with van der Waals surface area (Å²) in [6.45, 7) is 11.9. The molecule has 1 N–H and O–H groups in total. The molecule has 2 aliphatic rings. The second-order valence-corrected chi connectivity index (χ2v) is 8.19. The summed E-state index contributed by atoms with van der Waals surface area (Å²) >= 11 is 2.09. The molecule has 0 bridgehead atoms. The highest BCUT2D eigenvalue weighted by molar-refractivity contribution is 14.0. The highest BCUT2D eigenvalue weighted by atomic mass is 127. The van der Waals surface area contributed by atoms with Crippen molar-refractivity contribution in [1.82, 2.24) is 10.2 Å². The van der Waals surface area contributed by atoms with E-state index in [1.54, 1.807) is 0 Å². The number of rotatable bonds is 5. The van der Waals surface area contributed by atoms with Gasteiger partial charge in [0.15, 0.2) is 5.96 Å². The third-order valence-electron chi connectivity index (χ3n) is 4.95. The second-order valence-electron chi connectivity index (χ2n) is 6.78. The van der Waals surface area contributed by atoms with Gasteiger partial charge in [-0.3, -0.25) is 0 Å². The van der Waals surface area contributed by atoms with Gasteiger partial charge in [0, 0.05) is 49.4 Å². The molecule has 0 aliphatic carbocycles. The van der Waals surface area contributed by atoms with Gasteiger partial charge in [-0.1, -0.05) is 19.1 Å². The predicted molar refractivity (Wildman–Crippen MR) is 128 cm³/mol. The van der Waals surface area contributed by atoms with E-state index in [0.29, 0.717) is 0 Å². The van der Waals surface area contributed by atoms with E-state index < -0.39 is 0 Å². The molecule has 5 nitrogen and oxygen atoms in total. The summed E-state index contributed by atoms with van der Waals surface area (Å²) in [5.74, 6) is 2.25. The van der Waals surface area contributed by atoms with Crippen LogP contribution in [0, 0.1) is 0 Å². The monoisotopic (exact) mass is 504 g/mol. The van der Waals surface area contributed by atoms with E-state index in [1.807, 2.05) is 0 Å². The number of morpholine rings is 1. The van der Waals surface area contributed by atoms with Gasteiger partial charge in [0.05, 0.1) is 19.8 Å². The van der Waals surface area contributed by atoms with Gasteiger partial charge in [-0.15, -0.1) is 24.0 Å². The van der Waals surface area contributed by atoms with Gasteiger partial charge in [0.25, 0.3) is 0 Å². The predicted octanol–water partition coefficient (Wildman–Crippen LogP) is 3.43. The zero-order valence-corrected chi connectivity index (χ0v) is 19.7. The van der Waals surface area contributed by atoms with Gasteiger partial charge in [-0.25, -0.2) is 4.99 Å². The van der Waals surface area contributed by atoms with Gasteiger partial charge in [0.1, 0.15) is 0 Å². The smallest absolute Gasteiger partial charge is 0.194 e. The minimum atomic E-state index is 0. The Morgan fingerprint density at radius 2 is 1.93 bits per heavy atom. The van der Waals surface area contributed by atoms with Crippen LogP contribution in [0.1, 0.15) is 25.8 Å². The molecule has 2 saturated heterocycles. The summed E-state index contributed by atoms with van der Waals surface area (Å²) in [5.41, 5.74) is 2.54. The molecule has 0 spiro atoms. The molecule has 0 amide bonds. The topological polar surface area (TPSA) is 40.1 Å². The second kappa shape index (κ2) is 12.0. The van der Waals surface area contributed by atoms with E-state index in [9.17, 15) is 0 Å². The Kier molecular flexibility index (Phi) is 10.1. The number of benzene rings is 1. The minimum Gasteiger partial charge on any atom is -0.378 e. The number of hydrogen-bond acceptors (Lipinski definition) is 4. The first-order chi connectivity index (χ1) is 12.8. The third kappa shape index (κ3) is 6.71. The fourth-order valence-electron chi connectivity index (χ4n) is 3.38. The Hall–Kier alpha value is -0.670. The van der Waals surface area contributed by atoms with Crippen LogP contribution < -0.4 is 10.2 Å². The Morgan fingerprint density at radius 3 is 2.59 bits per heavy atom. The van der Waals surface area contributed by atoms with Gasteiger partial charge in [-0.05, 0) is 31.0 Å². The van der Waals surface area contributed by atoms with Gasteiger partial charge in [-0.2, -0.15) is 11.8 Å². The van der Waals surface area contributed by atoms with Gasteiger partial charge < -0.3 is 19.9 Å². The van der Waals surface area contributed by atoms with Crippen molar-refractivity contribution in [3.05, 3.63) is 29.8 Å². The van der Waals surface area contributed by atoms with Crippen LogP contribution in [-0.4, -0.2) is 67.8 Å². The van der Waals surface area contributed by atoms with Crippen LogP contribution in [-0.2, 0) is 11.3 Å². The zero-order chi connectivity index (χ0) is 18.2. The summed E-state index contributed by atoms with van der Waals surface area (Å²) in [5, 5.41) is 4.20. The van der Waals surface area contributed by atoms with E-state index in [1.165, 1.54) is 23.4 Å². The Balaban J connectivity index is 0.00000261. The first-order valence-corrected chi connectivity index (χ1v) is 10.9. The Morgan fingerprint density at radius 1 is 1.19 bits per heavy atom. The van der Waals surface area contributed by atoms with Crippen LogP contribution in [0.25, 0.3) is 0 Å². The summed E-state index contributed by atoms with van der Waals surface area (Å²) in [4.78, 5) is 9.72. The van der Waals surface area contributed by atoms with Gasteiger partial charge >= 0.3 is 0 Å². The zero-order valence-electron chi connectivity index (χ0n) is 16.5. The lowest BCUT2D eigenvalue weighted by Crippen LogP contribution is -2.48. The molecule has 0 radical (unpaired) electrons. The van der Waals surface area contributed by atoms with E-state index in [2.05, 4.69) is 65.0 Å². The van der Waals surface area contributed by atoms with Crippen molar-refractivity contribution < 1.29 is 4.74 Å². The van der Waals surface area contributed by atoms with Crippen molar-refractivity contribution in [3.8, 4) is 0 Å². The maximum Gasteiger partial charge on any atom is 0.194 e. The molecule has 1 aromatic carbocycles. The molecule has 3 rings (SSSR count). The van der Waals surface area contributed by atoms with Crippen molar-refractivity contribution in [3.63, 3.8) is 0 Å². The van der Waals surface area contributed by atoms with Crippen molar-refractivity contribution in [2.24, 2.45) is 4.99 Å². The van der Waals surface area contributed by atoms with Crippen LogP contribution in [0.2, 0.25) is 0 Å². The number of aliphatic imine (C=N–C) groups is 1. The summed E-state index contributed by atoms with van der Waals surface area (Å²) in [7, 11) is 0. The highest BCUT2D eigenvalue weighted by Gasteiger charge is 2.21. The first-order valence-electron chi connectivity index (χ1n) is 9.86. The number of nitrogens with one attached hydrogen (secondary N) is 1. The quantitative estimate of drug-likeness (QED) is 0.378. The molecule has 1 aromatic rings. The normalized spacial score (nSPS) is 21.0. The van der Waals surface area contributed by atoms with Crippen LogP contribution in [0.5, 0.6) is 0 Å². The van der Waals surface area contributed by atoms with Crippen molar-refractivity contribution in [2.75, 3.05) is 56.6 Å². The van der Waals surface area contributed by atoms with Gasteiger partial charge in [0.2, 0.25) is 0 Å². The molecule has 152 valence electrons. The summed E-state index contributed by atoms with van der Waals surface area (Å²) < 4.78 is 5.43. The lowest BCUT2D eigenvalue weighted by Gasteiger charge is -2.34. The number of thioether (sulfide) groups is 1. The van der Waals surface area contributed by atoms with Crippen LogP contribution >= 0.6 is 35.7 Å². The maximum atomic E-state index is 5.43. The standard InChI is InChI=1S/C20H32N4OS.HI/c1-3-19-16-24(11-14-26-19)20(21-4-2)22-15-17-5-7-18(8-6-17)23-9-12-25-13-10-23;/h5-8,19H,3-4,9-16H2,1-2H3,(H,21,22);1H. The average Bonchev–Trinajstić information content (AvgIpc) is 2.72. The fraction of sp³-hybridized carbons (Fsp3) is 0.650. The molecule has 2 fully saturated rings. The molecule has 1 atom stereocenters. The lowest BCUT2D eigenvalue weighted by molar-refractivity contribution is 0.122. The molecule has 7 heteroatoms. The van der Waals surface area contributed by atoms with Crippen LogP contribution in [0.4, 0.5) is 5.69 Å². The number of guanidine groups is 1. The number of halogens is 1. The largest absolute Gasteiger partial charge is 0.378 e. The number of hydrogen-bond donors (Lipinski definition) is 1. The van der Waals surface area contributed by atoms with E-state index in [0.717, 1.165) is 63.7 Å². The third-order valence-corrected chi connectivity index (χ3v) is 6.32. The van der Waals surface area contributed by atoms with Crippen LogP contribution in [0.15, 0.2) is 29.3 Å². The first kappa shape index (κ1) is 22.6. The van der Waals surface area contributed by atoms with Crippen molar-refractivity contribution >= 4 is 47.4 Å². The molecule has 2 heterocycles. The van der Waals surface area contributed by atoms with Crippen molar-refractivity contribution in [1.29, 1.82) is 0 Å². The van der Waals surface area contributed by atoms with E-state index in [4.69, 9.17) is 9.73 Å². The van der Waals surface area contributed by atoms with Crippen LogP contribution in [0.3, 0.4) is 0 Å². The molecule has 0 saturated carbocycles. The number of anilines is 1. The molecule has 2 aliphatic heterocycles. The fourth-order valence-corrected chi connectivity index (χ4v) is 4.56. The average molecular weight is 504 g/mol. The summed E-state index contributed by atoms with van der Waals surface area (Å²) in [6, 6.07) is 8.85. The number of ether oxygens (including phenoxy) is 1. The molecule has 27 heavy (non-hydrogen) atoms. The Bertz CT molecular complexity index is 578. The van der Waals surface area contributed by atoms with Crippen molar-refractivity contribution in [2.45, 2.75) is 32.1 Å². The SMILES string of the molecule is CCNC(=NCc1ccc(N2CCOCC2)cc1)N1CCSC(CC)C1.I. The molecule has 0 aromatic heterocycles. The van der Waals surface area contributed by atoms with E-state index >= 15 is 0 Å². The molecular weight excluding hydrogens is 471 g/mol. The summed E-state index contributed by atoms with van der Waals surface area (Å²) in [6.07, 6.45) is 1.23. The maximum absolute atomic E-state index is 5.43.